The second-order valence-corrected chi connectivity index (χ2v) is 6.61. The summed E-state index contributed by atoms with van der Waals surface area (Å²) in [6.07, 6.45) is 2.50. The fourth-order valence-corrected chi connectivity index (χ4v) is 3.93. The first-order valence-electron chi connectivity index (χ1n) is 5.76. The van der Waals surface area contributed by atoms with Gasteiger partial charge in [-0.3, -0.25) is 0 Å². The van der Waals surface area contributed by atoms with E-state index < -0.39 is 9.84 Å². The van der Waals surface area contributed by atoms with Crippen LogP contribution < -0.4 is 0 Å². The monoisotopic (exact) mass is 250 g/mol. The molecule has 4 heteroatoms. The zero-order valence-electron chi connectivity index (χ0n) is 9.54. The van der Waals surface area contributed by atoms with E-state index >= 15 is 0 Å². The third kappa shape index (κ3) is 1.72. The van der Waals surface area contributed by atoms with E-state index in [4.69, 9.17) is 4.74 Å². The molecule has 1 aromatic rings. The molecule has 17 heavy (non-hydrogen) atoms. The number of epoxide rings is 1. The van der Waals surface area contributed by atoms with Gasteiger partial charge in [-0.05, 0) is 24.5 Å². The summed E-state index contributed by atoms with van der Waals surface area (Å²) in [6, 6.07) is 8.55. The van der Waals surface area contributed by atoms with Crippen LogP contribution in [0.15, 0.2) is 46.2 Å². The van der Waals surface area contributed by atoms with Gasteiger partial charge in [0.1, 0.15) is 6.10 Å². The third-order valence-corrected chi connectivity index (χ3v) is 5.33. The van der Waals surface area contributed by atoms with Crippen LogP contribution in [0.25, 0.3) is 0 Å². The normalized spacial score (nSPS) is 31.6. The van der Waals surface area contributed by atoms with Crippen LogP contribution in [0.2, 0.25) is 0 Å². The van der Waals surface area contributed by atoms with Gasteiger partial charge in [0.2, 0.25) is 9.84 Å². The van der Waals surface area contributed by atoms with Crippen molar-refractivity contribution in [2.75, 3.05) is 0 Å². The standard InChI is InChI=1S/C13H14O3S/c1-9-7-8-11(13-12(9)16-13)17(14,15)10-5-3-2-4-6-10/h2-6,8-9,12-13H,7H2,1H3/t9-,12?,13?/m0/s1. The van der Waals surface area contributed by atoms with Crippen LogP contribution >= 0.6 is 0 Å². The third-order valence-electron chi connectivity index (χ3n) is 3.42. The smallest absolute Gasteiger partial charge is 0.205 e. The van der Waals surface area contributed by atoms with Crippen molar-refractivity contribution in [3.05, 3.63) is 41.3 Å². The van der Waals surface area contributed by atoms with Crippen LogP contribution in [0.3, 0.4) is 0 Å². The Balaban J connectivity index is 2.00. The lowest BCUT2D eigenvalue weighted by molar-refractivity contribution is 0.339. The van der Waals surface area contributed by atoms with Crippen molar-refractivity contribution in [1.82, 2.24) is 0 Å². The molecule has 0 aromatic heterocycles. The van der Waals surface area contributed by atoms with Gasteiger partial charge in [-0.2, -0.15) is 0 Å². The molecule has 1 heterocycles. The number of benzene rings is 1. The van der Waals surface area contributed by atoms with E-state index in [0.29, 0.717) is 15.7 Å². The molecule has 1 saturated heterocycles. The maximum absolute atomic E-state index is 12.4. The summed E-state index contributed by atoms with van der Waals surface area (Å²) in [5.41, 5.74) is 0. The van der Waals surface area contributed by atoms with Gasteiger partial charge in [0.25, 0.3) is 0 Å². The molecule has 1 fully saturated rings. The van der Waals surface area contributed by atoms with E-state index in [1.165, 1.54) is 0 Å². The van der Waals surface area contributed by atoms with Crippen LogP contribution in [0.4, 0.5) is 0 Å². The van der Waals surface area contributed by atoms with Crippen LogP contribution in [-0.4, -0.2) is 20.6 Å². The lowest BCUT2D eigenvalue weighted by Crippen LogP contribution is -2.18. The first-order valence-corrected chi connectivity index (χ1v) is 7.24. The van der Waals surface area contributed by atoms with E-state index in [2.05, 4.69) is 6.92 Å². The van der Waals surface area contributed by atoms with Crippen LogP contribution in [0.5, 0.6) is 0 Å². The fourth-order valence-electron chi connectivity index (χ4n) is 2.34. The predicted molar refractivity (Wildman–Crippen MR) is 64.2 cm³/mol. The molecule has 3 atom stereocenters. The van der Waals surface area contributed by atoms with E-state index in [1.807, 2.05) is 12.1 Å². The number of rotatable bonds is 2. The average molecular weight is 250 g/mol. The summed E-state index contributed by atoms with van der Waals surface area (Å²) < 4.78 is 30.2. The van der Waals surface area contributed by atoms with E-state index in [9.17, 15) is 8.42 Å². The van der Waals surface area contributed by atoms with E-state index in [0.717, 1.165) is 6.42 Å². The largest absolute Gasteiger partial charge is 0.363 e. The summed E-state index contributed by atoms with van der Waals surface area (Å²) in [4.78, 5) is 0.807. The quantitative estimate of drug-likeness (QED) is 0.756. The minimum absolute atomic E-state index is 0.105. The minimum Gasteiger partial charge on any atom is -0.363 e. The van der Waals surface area contributed by atoms with Crippen molar-refractivity contribution in [2.24, 2.45) is 5.92 Å². The average Bonchev–Trinajstić information content (AvgIpc) is 3.11. The number of hydrogen-bond donors (Lipinski definition) is 0. The van der Waals surface area contributed by atoms with Crippen LogP contribution in [0.1, 0.15) is 13.3 Å². The van der Waals surface area contributed by atoms with Gasteiger partial charge in [-0.1, -0.05) is 31.2 Å². The van der Waals surface area contributed by atoms with Gasteiger partial charge in [-0.25, -0.2) is 8.42 Å². The molecule has 0 spiro atoms. The van der Waals surface area contributed by atoms with Gasteiger partial charge in [0.05, 0.1) is 15.9 Å². The van der Waals surface area contributed by atoms with Gasteiger partial charge in [0.15, 0.2) is 0 Å². The Kier molecular flexibility index (Phi) is 2.38. The molecule has 90 valence electrons. The Morgan fingerprint density at radius 1 is 1.24 bits per heavy atom. The van der Waals surface area contributed by atoms with E-state index in [1.54, 1.807) is 24.3 Å². The van der Waals surface area contributed by atoms with Crippen molar-refractivity contribution < 1.29 is 13.2 Å². The van der Waals surface area contributed by atoms with E-state index in [-0.39, 0.29) is 12.2 Å². The highest BCUT2D eigenvalue weighted by molar-refractivity contribution is 7.95. The van der Waals surface area contributed by atoms with Gasteiger partial charge < -0.3 is 4.74 Å². The maximum atomic E-state index is 12.4. The van der Waals surface area contributed by atoms with Crippen LogP contribution in [-0.2, 0) is 14.6 Å². The predicted octanol–water partition coefficient (Wildman–Crippen LogP) is 2.15. The molecule has 1 aliphatic carbocycles. The molecule has 1 aliphatic heterocycles. The molecular formula is C13H14O3S. The summed E-state index contributed by atoms with van der Waals surface area (Å²) in [5, 5.41) is 0. The number of ether oxygens (including phenoxy) is 1. The molecule has 0 N–H and O–H groups in total. The first-order chi connectivity index (χ1) is 8.10. The Bertz CT molecular complexity index is 560. The summed E-state index contributed by atoms with van der Waals surface area (Å²) in [5.74, 6) is 0.426. The van der Waals surface area contributed by atoms with Crippen molar-refractivity contribution in [2.45, 2.75) is 30.4 Å². The number of hydrogen-bond acceptors (Lipinski definition) is 3. The zero-order chi connectivity index (χ0) is 12.0. The van der Waals surface area contributed by atoms with Crippen LogP contribution in [0, 0.1) is 5.92 Å². The fraction of sp³-hybridized carbons (Fsp3) is 0.385. The highest BCUT2D eigenvalue weighted by atomic mass is 32.2. The molecule has 0 saturated carbocycles. The van der Waals surface area contributed by atoms with Gasteiger partial charge >= 0.3 is 0 Å². The Hall–Kier alpha value is -1.13. The number of fused-ring (bicyclic) bond motifs is 1. The number of sulfone groups is 1. The van der Waals surface area contributed by atoms with Crippen molar-refractivity contribution in [3.8, 4) is 0 Å². The Morgan fingerprint density at radius 3 is 2.65 bits per heavy atom. The topological polar surface area (TPSA) is 46.7 Å². The second-order valence-electron chi connectivity index (χ2n) is 4.66. The molecule has 2 unspecified atom stereocenters. The lowest BCUT2D eigenvalue weighted by Gasteiger charge is -2.14. The summed E-state index contributed by atoms with van der Waals surface area (Å²) >= 11 is 0. The highest BCUT2D eigenvalue weighted by Crippen LogP contribution is 2.44. The molecule has 1 aromatic carbocycles. The maximum Gasteiger partial charge on any atom is 0.205 e. The van der Waals surface area contributed by atoms with Gasteiger partial charge in [0, 0.05) is 0 Å². The molecular weight excluding hydrogens is 236 g/mol. The number of allylic oxidation sites excluding steroid dienone is 1. The Morgan fingerprint density at radius 2 is 1.94 bits per heavy atom. The molecule has 3 rings (SSSR count). The van der Waals surface area contributed by atoms with Crippen molar-refractivity contribution in [3.63, 3.8) is 0 Å². The van der Waals surface area contributed by atoms with Gasteiger partial charge in [-0.15, -0.1) is 0 Å². The summed E-state index contributed by atoms with van der Waals surface area (Å²) in [7, 11) is -3.36. The SMILES string of the molecule is C[C@H]1CC=C(S(=O)(=O)c2ccccc2)C2OC21. The molecule has 3 nitrogen and oxygen atoms in total. The molecule has 0 amide bonds. The van der Waals surface area contributed by atoms with Crippen molar-refractivity contribution in [1.29, 1.82) is 0 Å². The zero-order valence-corrected chi connectivity index (χ0v) is 10.4. The molecule has 0 radical (unpaired) electrons. The first kappa shape index (κ1) is 11.0. The van der Waals surface area contributed by atoms with Crippen molar-refractivity contribution >= 4 is 9.84 Å². The molecule has 0 bridgehead atoms. The second kappa shape index (κ2) is 3.68. The summed E-state index contributed by atoms with van der Waals surface area (Å²) in [6.45, 7) is 2.09. The molecule has 2 aliphatic rings. The Labute approximate surface area is 101 Å². The highest BCUT2D eigenvalue weighted by Gasteiger charge is 2.51. The minimum atomic E-state index is -3.36. The lowest BCUT2D eigenvalue weighted by atomic mass is 9.96.